The van der Waals surface area contributed by atoms with E-state index in [4.69, 9.17) is 4.74 Å². The van der Waals surface area contributed by atoms with Gasteiger partial charge < -0.3 is 10.1 Å². The summed E-state index contributed by atoms with van der Waals surface area (Å²) in [7, 11) is -0.381. The Morgan fingerprint density at radius 2 is 1.96 bits per heavy atom. The van der Waals surface area contributed by atoms with Gasteiger partial charge in [0.1, 0.15) is 16.5 Å². The largest absolute Gasteiger partial charge is 0.496 e. The average molecular weight is 361 g/mol. The van der Waals surface area contributed by atoms with E-state index in [2.05, 4.69) is 21.1 Å². The van der Waals surface area contributed by atoms with Crippen LogP contribution in [0.1, 0.15) is 24.8 Å². The van der Waals surface area contributed by atoms with E-state index in [0.29, 0.717) is 5.82 Å². The van der Waals surface area contributed by atoms with E-state index >= 15 is 0 Å². The van der Waals surface area contributed by atoms with Crippen LogP contribution in [0.15, 0.2) is 47.5 Å². The summed E-state index contributed by atoms with van der Waals surface area (Å²) in [6.07, 6.45) is 4.73. The van der Waals surface area contributed by atoms with Crippen LogP contribution >= 0.6 is 0 Å². The minimum absolute atomic E-state index is 0.0318. The van der Waals surface area contributed by atoms with Crippen LogP contribution in [0.4, 0.5) is 5.82 Å². The van der Waals surface area contributed by atoms with Crippen LogP contribution in [0.2, 0.25) is 0 Å². The first-order chi connectivity index (χ1) is 12.0. The Morgan fingerprint density at radius 1 is 1.20 bits per heavy atom. The van der Waals surface area contributed by atoms with Gasteiger partial charge in [-0.25, -0.2) is 18.1 Å². The number of benzene rings is 1. The van der Waals surface area contributed by atoms with Gasteiger partial charge in [-0.15, -0.1) is 0 Å². The SMILES string of the molecule is CNS(=O)(=O)c1ccc(NCC2(c3ccccc3OC)CCC2)nc1. The van der Waals surface area contributed by atoms with Gasteiger partial charge in [-0.05, 0) is 38.1 Å². The molecule has 1 aliphatic rings. The zero-order chi connectivity index (χ0) is 17.9. The van der Waals surface area contributed by atoms with E-state index < -0.39 is 10.0 Å². The zero-order valence-electron chi connectivity index (χ0n) is 14.5. The van der Waals surface area contributed by atoms with E-state index in [0.717, 1.165) is 25.1 Å². The van der Waals surface area contributed by atoms with Crippen LogP contribution in [0.25, 0.3) is 0 Å². The fourth-order valence-corrected chi connectivity index (χ4v) is 3.92. The third kappa shape index (κ3) is 3.48. The van der Waals surface area contributed by atoms with Crippen molar-refractivity contribution >= 4 is 15.8 Å². The minimum atomic E-state index is -3.46. The second-order valence-electron chi connectivity index (χ2n) is 6.27. The standard InChI is InChI=1S/C18H23N3O3S/c1-19-25(22,23)14-8-9-17(20-12-14)21-13-18(10-5-11-18)15-6-3-4-7-16(15)24-2/h3-4,6-9,12,19H,5,10-11,13H2,1-2H3,(H,20,21). The first-order valence-corrected chi connectivity index (χ1v) is 9.76. The van der Waals surface area contributed by atoms with Crippen LogP contribution in [-0.4, -0.2) is 34.1 Å². The second-order valence-corrected chi connectivity index (χ2v) is 8.16. The van der Waals surface area contributed by atoms with E-state index in [1.54, 1.807) is 19.2 Å². The van der Waals surface area contributed by atoms with Crippen molar-refractivity contribution in [3.8, 4) is 5.75 Å². The van der Waals surface area contributed by atoms with Crippen LogP contribution < -0.4 is 14.8 Å². The number of sulfonamides is 1. The molecule has 1 saturated carbocycles. The highest BCUT2D eigenvalue weighted by Gasteiger charge is 2.40. The maximum Gasteiger partial charge on any atom is 0.241 e. The number of rotatable bonds is 7. The number of nitrogens with zero attached hydrogens (tertiary/aromatic N) is 1. The summed E-state index contributed by atoms with van der Waals surface area (Å²) in [5, 5.41) is 3.35. The zero-order valence-corrected chi connectivity index (χ0v) is 15.3. The molecule has 0 saturated heterocycles. The van der Waals surface area contributed by atoms with Crippen LogP contribution in [0, 0.1) is 0 Å². The van der Waals surface area contributed by atoms with Crippen LogP contribution in [-0.2, 0) is 15.4 Å². The summed E-state index contributed by atoms with van der Waals surface area (Å²) in [4.78, 5) is 4.39. The third-order valence-electron chi connectivity index (χ3n) is 4.91. The molecule has 0 aliphatic heterocycles. The van der Waals surface area contributed by atoms with Crippen molar-refractivity contribution in [3.05, 3.63) is 48.2 Å². The number of ether oxygens (including phenoxy) is 1. The van der Waals surface area contributed by atoms with Crippen molar-refractivity contribution in [1.29, 1.82) is 0 Å². The predicted molar refractivity (Wildman–Crippen MR) is 97.5 cm³/mol. The molecule has 0 radical (unpaired) electrons. The van der Waals surface area contributed by atoms with Gasteiger partial charge in [0.15, 0.2) is 0 Å². The molecular weight excluding hydrogens is 338 g/mol. The molecule has 3 rings (SSSR count). The predicted octanol–water partition coefficient (Wildman–Crippen LogP) is 2.53. The summed E-state index contributed by atoms with van der Waals surface area (Å²) in [5.74, 6) is 1.57. The molecule has 6 nitrogen and oxygen atoms in total. The number of hydrogen-bond acceptors (Lipinski definition) is 5. The Labute approximate surface area is 148 Å². The first kappa shape index (κ1) is 17.7. The van der Waals surface area contributed by atoms with Crippen molar-refractivity contribution in [2.24, 2.45) is 0 Å². The Balaban J connectivity index is 1.76. The van der Waals surface area contributed by atoms with Gasteiger partial charge in [0.05, 0.1) is 7.11 Å². The summed E-state index contributed by atoms with van der Waals surface area (Å²) in [6.45, 7) is 0.735. The molecule has 134 valence electrons. The molecule has 1 aliphatic carbocycles. The Morgan fingerprint density at radius 3 is 2.52 bits per heavy atom. The lowest BCUT2D eigenvalue weighted by atomic mass is 9.64. The first-order valence-electron chi connectivity index (χ1n) is 8.28. The number of hydrogen-bond donors (Lipinski definition) is 2. The lowest BCUT2D eigenvalue weighted by Crippen LogP contribution is -2.41. The fourth-order valence-electron chi connectivity index (χ4n) is 3.25. The number of para-hydroxylation sites is 1. The minimum Gasteiger partial charge on any atom is -0.496 e. The lowest BCUT2D eigenvalue weighted by molar-refractivity contribution is 0.250. The van der Waals surface area contributed by atoms with Crippen molar-refractivity contribution in [1.82, 2.24) is 9.71 Å². The number of pyridine rings is 1. The summed E-state index contributed by atoms with van der Waals surface area (Å²) < 4.78 is 31.3. The molecule has 0 amide bonds. The molecule has 1 fully saturated rings. The molecular formula is C18H23N3O3S. The molecule has 7 heteroatoms. The Bertz CT molecular complexity index is 831. The highest BCUT2D eigenvalue weighted by molar-refractivity contribution is 7.89. The molecule has 0 atom stereocenters. The van der Waals surface area contributed by atoms with Gasteiger partial charge in [-0.2, -0.15) is 0 Å². The fraction of sp³-hybridized carbons (Fsp3) is 0.389. The molecule has 0 bridgehead atoms. The van der Waals surface area contributed by atoms with Crippen molar-refractivity contribution in [3.63, 3.8) is 0 Å². The number of aromatic nitrogens is 1. The van der Waals surface area contributed by atoms with E-state index in [9.17, 15) is 8.42 Å². The highest BCUT2D eigenvalue weighted by Crippen LogP contribution is 2.47. The number of nitrogens with one attached hydrogen (secondary N) is 2. The second kappa shape index (κ2) is 7.01. The van der Waals surface area contributed by atoms with E-state index in [-0.39, 0.29) is 10.3 Å². The Hall–Kier alpha value is -2.12. The van der Waals surface area contributed by atoms with Gasteiger partial charge in [-0.3, -0.25) is 0 Å². The van der Waals surface area contributed by atoms with Gasteiger partial charge >= 0.3 is 0 Å². The monoisotopic (exact) mass is 361 g/mol. The molecule has 1 heterocycles. The summed E-state index contributed by atoms with van der Waals surface area (Å²) >= 11 is 0. The maximum absolute atomic E-state index is 11.8. The molecule has 25 heavy (non-hydrogen) atoms. The van der Waals surface area contributed by atoms with Gasteiger partial charge in [0, 0.05) is 23.7 Å². The molecule has 0 unspecified atom stereocenters. The van der Waals surface area contributed by atoms with Crippen LogP contribution in [0.5, 0.6) is 5.75 Å². The number of anilines is 1. The van der Waals surface area contributed by atoms with Crippen molar-refractivity contribution < 1.29 is 13.2 Å². The molecule has 1 aromatic heterocycles. The highest BCUT2D eigenvalue weighted by atomic mass is 32.2. The van der Waals surface area contributed by atoms with Gasteiger partial charge in [-0.1, -0.05) is 24.6 Å². The van der Waals surface area contributed by atoms with Gasteiger partial charge in [0.25, 0.3) is 0 Å². The van der Waals surface area contributed by atoms with Gasteiger partial charge in [0.2, 0.25) is 10.0 Å². The normalized spacial score (nSPS) is 16.1. The number of methoxy groups -OCH3 is 1. The van der Waals surface area contributed by atoms with Crippen molar-refractivity contribution in [2.45, 2.75) is 29.6 Å². The topological polar surface area (TPSA) is 80.3 Å². The average Bonchev–Trinajstić information content (AvgIpc) is 2.61. The maximum atomic E-state index is 11.8. The Kier molecular flexibility index (Phi) is 4.96. The van der Waals surface area contributed by atoms with Crippen molar-refractivity contribution in [2.75, 3.05) is 26.0 Å². The summed E-state index contributed by atoms with van der Waals surface area (Å²) in [5.41, 5.74) is 1.25. The molecule has 1 aromatic carbocycles. The quantitative estimate of drug-likeness (QED) is 0.792. The smallest absolute Gasteiger partial charge is 0.241 e. The molecule has 2 N–H and O–H groups in total. The van der Waals surface area contributed by atoms with E-state index in [1.807, 2.05) is 18.2 Å². The lowest BCUT2D eigenvalue weighted by Gasteiger charge is -2.43. The third-order valence-corrected chi connectivity index (χ3v) is 6.31. The summed E-state index contributed by atoms with van der Waals surface area (Å²) in [6, 6.07) is 11.4. The molecule has 2 aromatic rings. The van der Waals surface area contributed by atoms with E-state index in [1.165, 1.54) is 25.2 Å². The molecule has 0 spiro atoms. The van der Waals surface area contributed by atoms with Crippen LogP contribution in [0.3, 0.4) is 0 Å².